The maximum atomic E-state index is 11.1. The molecule has 13 atom stereocenters. The maximum Gasteiger partial charge on any atom is 0.137 e. The van der Waals surface area contributed by atoms with Gasteiger partial charge in [0.1, 0.15) is 18.3 Å². The maximum absolute atomic E-state index is 11.1. The van der Waals surface area contributed by atoms with E-state index in [1.165, 1.54) is 12.8 Å². The van der Waals surface area contributed by atoms with Gasteiger partial charge in [-0.2, -0.15) is 0 Å². The van der Waals surface area contributed by atoms with E-state index < -0.39 is 6.10 Å². The zero-order chi connectivity index (χ0) is 30.1. The highest BCUT2D eigenvalue weighted by molar-refractivity contribution is 4.93. The Labute approximate surface area is 253 Å². The number of aliphatic hydroxyl groups excluding tert-OH is 3. The molecule has 0 amide bonds. The summed E-state index contributed by atoms with van der Waals surface area (Å²) >= 11 is 0. The Bertz CT molecular complexity index is 766. The van der Waals surface area contributed by atoms with Crippen molar-refractivity contribution < 1.29 is 44.9 Å². The molecule has 246 valence electrons. The fraction of sp³-hybridized carbons (Fsp3) is 1.00. The summed E-state index contributed by atoms with van der Waals surface area (Å²) in [6.45, 7) is 4.92. The van der Waals surface area contributed by atoms with Gasteiger partial charge in [-0.15, -0.1) is 0 Å². The molecule has 0 bridgehead atoms. The van der Waals surface area contributed by atoms with E-state index in [1.54, 1.807) is 14.2 Å². The number of rotatable bonds is 14. The van der Waals surface area contributed by atoms with Gasteiger partial charge in [0.25, 0.3) is 0 Å². The zero-order valence-corrected chi connectivity index (χ0v) is 26.5. The number of aliphatic hydroxyl groups is 3. The van der Waals surface area contributed by atoms with Crippen molar-refractivity contribution in [3.05, 3.63) is 0 Å². The molecule has 13 unspecified atom stereocenters. The van der Waals surface area contributed by atoms with E-state index in [0.29, 0.717) is 50.2 Å². The molecule has 0 aromatic heterocycles. The van der Waals surface area contributed by atoms with Gasteiger partial charge in [0.15, 0.2) is 0 Å². The molecular weight excluding hydrogens is 538 g/mol. The largest absolute Gasteiger partial charge is 0.393 e. The van der Waals surface area contributed by atoms with Crippen LogP contribution in [0.1, 0.15) is 90.4 Å². The standard InChI is InChI=1S/C32H61N3O7/c1-4-34-23(8-5-21-11-12-35-31(33)14-21)19-41-30-16-22(15-29(40-3)32(30)38)27-18-24(36)17-25(42-27)9-6-20-7-10-26(37)28(13-20)39-2/h20-32,34-38H,4-19,33H2,1-3H3/p+2. The summed E-state index contributed by atoms with van der Waals surface area (Å²) in [5, 5.41) is 36.7. The molecule has 9 N–H and O–H groups in total. The summed E-state index contributed by atoms with van der Waals surface area (Å²) in [6.07, 6.45) is 10.0. The van der Waals surface area contributed by atoms with Gasteiger partial charge in [-0.3, -0.25) is 5.73 Å². The van der Waals surface area contributed by atoms with Crippen LogP contribution in [0.5, 0.6) is 0 Å². The van der Waals surface area contributed by atoms with Crippen LogP contribution in [0, 0.1) is 17.8 Å². The minimum atomic E-state index is -0.667. The molecule has 2 heterocycles. The molecule has 0 radical (unpaired) electrons. The number of piperidine rings is 1. The number of hydrogen-bond donors (Lipinski definition) is 6. The van der Waals surface area contributed by atoms with Crippen molar-refractivity contribution in [2.75, 3.05) is 33.9 Å². The van der Waals surface area contributed by atoms with E-state index in [-0.39, 0.29) is 54.8 Å². The minimum Gasteiger partial charge on any atom is -0.393 e. The van der Waals surface area contributed by atoms with Crippen molar-refractivity contribution in [1.29, 1.82) is 0 Å². The molecule has 2 aliphatic carbocycles. The van der Waals surface area contributed by atoms with Crippen LogP contribution in [0.2, 0.25) is 0 Å². The smallest absolute Gasteiger partial charge is 0.137 e. The Morgan fingerprint density at radius 3 is 2.38 bits per heavy atom. The van der Waals surface area contributed by atoms with E-state index in [0.717, 1.165) is 58.0 Å². The van der Waals surface area contributed by atoms with Gasteiger partial charge in [0, 0.05) is 27.1 Å². The molecule has 4 rings (SSSR count). The normalized spacial score (nSPS) is 42.4. The lowest BCUT2D eigenvalue weighted by atomic mass is 9.77. The number of hydrogen-bond acceptors (Lipinski definition) is 8. The lowest BCUT2D eigenvalue weighted by molar-refractivity contribution is -0.700. The predicted molar refractivity (Wildman–Crippen MR) is 160 cm³/mol. The van der Waals surface area contributed by atoms with Gasteiger partial charge in [-0.1, -0.05) is 0 Å². The van der Waals surface area contributed by atoms with E-state index in [9.17, 15) is 15.3 Å². The molecule has 0 aromatic rings. The molecule has 2 saturated heterocycles. The van der Waals surface area contributed by atoms with Gasteiger partial charge in [0.2, 0.25) is 0 Å². The van der Waals surface area contributed by atoms with Gasteiger partial charge in [-0.05, 0) is 95.3 Å². The second kappa shape index (κ2) is 17.3. The Kier molecular flexibility index (Phi) is 14.2. The number of methoxy groups -OCH3 is 2. The number of likely N-dealkylation sites (N-methyl/N-ethyl adjacent to an activating group) is 1. The average molecular weight is 602 g/mol. The van der Waals surface area contributed by atoms with E-state index in [1.807, 2.05) is 0 Å². The minimum absolute atomic E-state index is 0.0212. The van der Waals surface area contributed by atoms with Crippen LogP contribution in [0.15, 0.2) is 0 Å². The fourth-order valence-corrected chi connectivity index (χ4v) is 8.27. The highest BCUT2D eigenvalue weighted by Crippen LogP contribution is 2.38. The lowest BCUT2D eigenvalue weighted by Gasteiger charge is -2.44. The zero-order valence-electron chi connectivity index (χ0n) is 26.5. The Hall–Kier alpha value is -0.400. The molecule has 10 nitrogen and oxygen atoms in total. The number of ether oxygens (including phenoxy) is 4. The topological polar surface area (TPSA) is 157 Å². The van der Waals surface area contributed by atoms with Gasteiger partial charge in [-0.25, -0.2) is 0 Å². The summed E-state index contributed by atoms with van der Waals surface area (Å²) in [4.78, 5) is 0. The van der Waals surface area contributed by atoms with E-state index >= 15 is 0 Å². The SMILES string of the molecule is CC[NH2+]C(CCC1CC[NH2+]C(N)C1)COC1CC(C2CC(O)CC(CCC3CCC(O)C(OC)C3)O2)CC(OC)C1O. The van der Waals surface area contributed by atoms with Crippen molar-refractivity contribution >= 4 is 0 Å². The molecule has 4 fully saturated rings. The molecule has 10 heteroatoms. The van der Waals surface area contributed by atoms with Crippen LogP contribution in [0.3, 0.4) is 0 Å². The highest BCUT2D eigenvalue weighted by atomic mass is 16.5. The average Bonchev–Trinajstić information content (AvgIpc) is 2.98. The summed E-state index contributed by atoms with van der Waals surface area (Å²) < 4.78 is 24.4. The van der Waals surface area contributed by atoms with E-state index in [2.05, 4.69) is 17.6 Å². The first-order chi connectivity index (χ1) is 20.3. The van der Waals surface area contributed by atoms with Gasteiger partial charge in [0.05, 0.1) is 62.4 Å². The van der Waals surface area contributed by atoms with Crippen molar-refractivity contribution in [2.45, 2.75) is 151 Å². The Balaban J connectivity index is 1.29. The highest BCUT2D eigenvalue weighted by Gasteiger charge is 2.44. The molecular formula is C32H63N3O7+2. The van der Waals surface area contributed by atoms with Crippen LogP contribution < -0.4 is 16.4 Å². The second-order valence-electron chi connectivity index (χ2n) is 13.9. The molecule has 2 aliphatic heterocycles. The lowest BCUT2D eigenvalue weighted by Crippen LogP contribution is -2.94. The van der Waals surface area contributed by atoms with Crippen LogP contribution in [0.25, 0.3) is 0 Å². The molecule has 4 aliphatic rings. The number of nitrogens with two attached hydrogens (primary N) is 3. The third-order valence-corrected chi connectivity index (χ3v) is 10.8. The van der Waals surface area contributed by atoms with Crippen LogP contribution >= 0.6 is 0 Å². The quantitative estimate of drug-likeness (QED) is 0.163. The first kappa shape index (κ1) is 34.5. The molecule has 0 aromatic carbocycles. The van der Waals surface area contributed by atoms with Crippen LogP contribution in [0.4, 0.5) is 0 Å². The van der Waals surface area contributed by atoms with Crippen molar-refractivity contribution in [3.63, 3.8) is 0 Å². The fourth-order valence-electron chi connectivity index (χ4n) is 8.27. The monoisotopic (exact) mass is 601 g/mol. The third-order valence-electron chi connectivity index (χ3n) is 10.8. The Morgan fingerprint density at radius 2 is 1.64 bits per heavy atom. The van der Waals surface area contributed by atoms with Crippen LogP contribution in [-0.4, -0.2) is 110 Å². The summed E-state index contributed by atoms with van der Waals surface area (Å²) in [7, 11) is 3.35. The van der Waals surface area contributed by atoms with Crippen molar-refractivity contribution in [2.24, 2.45) is 23.5 Å². The van der Waals surface area contributed by atoms with Crippen molar-refractivity contribution in [1.82, 2.24) is 0 Å². The molecule has 0 spiro atoms. The van der Waals surface area contributed by atoms with Gasteiger partial charge >= 0.3 is 0 Å². The first-order valence-corrected chi connectivity index (χ1v) is 17.1. The van der Waals surface area contributed by atoms with Crippen LogP contribution in [-0.2, 0) is 18.9 Å². The third kappa shape index (κ3) is 10.1. The summed E-state index contributed by atoms with van der Waals surface area (Å²) in [6, 6.07) is 0.362. The predicted octanol–water partition coefficient (Wildman–Crippen LogP) is 0.0125. The molecule has 2 saturated carbocycles. The second-order valence-corrected chi connectivity index (χ2v) is 13.9. The van der Waals surface area contributed by atoms with Crippen molar-refractivity contribution in [3.8, 4) is 0 Å². The van der Waals surface area contributed by atoms with Gasteiger partial charge < -0.3 is 44.9 Å². The summed E-state index contributed by atoms with van der Waals surface area (Å²) in [5.41, 5.74) is 6.18. The number of quaternary nitrogens is 2. The summed E-state index contributed by atoms with van der Waals surface area (Å²) in [5.74, 6) is 1.37. The molecule has 42 heavy (non-hydrogen) atoms. The first-order valence-electron chi connectivity index (χ1n) is 17.1. The Morgan fingerprint density at radius 1 is 0.881 bits per heavy atom. The van der Waals surface area contributed by atoms with E-state index in [4.69, 9.17) is 24.7 Å².